The number of aryl methyl sites for hydroxylation is 1. The monoisotopic (exact) mass is 535 g/mol. The van der Waals surface area contributed by atoms with Crippen LogP contribution in [0.2, 0.25) is 0 Å². The molecule has 40 heavy (non-hydrogen) atoms. The Morgan fingerprint density at radius 2 is 2.00 bits per heavy atom. The quantitative estimate of drug-likeness (QED) is 0.274. The Labute approximate surface area is 229 Å². The lowest BCUT2D eigenvalue weighted by molar-refractivity contribution is -0.128. The molecule has 0 atom stereocenters. The number of benzene rings is 1. The average molecular weight is 536 g/mol. The first-order valence-electron chi connectivity index (χ1n) is 13.0. The Morgan fingerprint density at radius 3 is 2.80 bits per heavy atom. The largest absolute Gasteiger partial charge is 0.457 e. The van der Waals surface area contributed by atoms with E-state index in [1.807, 2.05) is 55.6 Å². The molecule has 200 valence electrons. The Bertz CT molecular complexity index is 1810. The van der Waals surface area contributed by atoms with Crippen molar-refractivity contribution in [1.82, 2.24) is 34.4 Å². The zero-order valence-electron chi connectivity index (χ0n) is 22.1. The summed E-state index contributed by atoms with van der Waals surface area (Å²) in [6, 6.07) is 13.6. The summed E-state index contributed by atoms with van der Waals surface area (Å²) >= 11 is 0. The minimum Gasteiger partial charge on any atom is -0.457 e. The zero-order chi connectivity index (χ0) is 27.6. The number of fused-ring (bicyclic) bond motifs is 2. The van der Waals surface area contributed by atoms with Gasteiger partial charge in [0.05, 0.1) is 16.9 Å². The number of aromatic nitrogens is 6. The fraction of sp³-hybridized carbons (Fsp3) is 0.200. The van der Waals surface area contributed by atoms with Crippen LogP contribution in [0.4, 0.5) is 4.39 Å². The normalized spacial score (nSPS) is 14.0. The number of nitrogens with zero attached hydrogens (tertiary/aromatic N) is 7. The van der Waals surface area contributed by atoms with Gasteiger partial charge in [-0.05, 0) is 67.3 Å². The van der Waals surface area contributed by atoms with Crippen molar-refractivity contribution in [1.29, 1.82) is 0 Å². The summed E-state index contributed by atoms with van der Waals surface area (Å²) in [5.41, 5.74) is 6.92. The van der Waals surface area contributed by atoms with Crippen LogP contribution in [0.5, 0.6) is 11.5 Å². The highest BCUT2D eigenvalue weighted by atomic mass is 19.1. The van der Waals surface area contributed by atoms with Crippen molar-refractivity contribution in [2.24, 2.45) is 0 Å². The summed E-state index contributed by atoms with van der Waals surface area (Å²) < 4.78 is 21.5. The summed E-state index contributed by atoms with van der Waals surface area (Å²) in [6.07, 6.45) is 9.17. The molecule has 1 aliphatic rings. The maximum absolute atomic E-state index is 13.7. The van der Waals surface area contributed by atoms with Crippen LogP contribution in [0.3, 0.4) is 0 Å². The Morgan fingerprint density at radius 1 is 1.10 bits per heavy atom. The van der Waals surface area contributed by atoms with E-state index < -0.39 is 11.7 Å². The third kappa shape index (κ3) is 5.03. The Kier molecular flexibility index (Phi) is 6.73. The van der Waals surface area contributed by atoms with Gasteiger partial charge < -0.3 is 9.64 Å². The van der Waals surface area contributed by atoms with E-state index in [0.717, 1.165) is 44.9 Å². The topological polar surface area (TPSA) is 98.4 Å². The predicted octanol–water partition coefficient (Wildman–Crippen LogP) is 5.25. The number of allylic oxidation sites excluding steroid dienone is 1. The average Bonchev–Trinajstić information content (AvgIpc) is 3.46. The van der Waals surface area contributed by atoms with E-state index in [-0.39, 0.29) is 0 Å². The smallest absolute Gasteiger partial charge is 0.282 e. The molecule has 1 aromatic carbocycles. The van der Waals surface area contributed by atoms with Crippen LogP contribution in [0.1, 0.15) is 35.9 Å². The van der Waals surface area contributed by atoms with Crippen molar-refractivity contribution in [2.45, 2.75) is 26.7 Å². The van der Waals surface area contributed by atoms with Gasteiger partial charge in [0.25, 0.3) is 5.91 Å². The maximum atomic E-state index is 13.7. The van der Waals surface area contributed by atoms with E-state index in [1.54, 1.807) is 10.8 Å². The number of hydrogen-bond donors (Lipinski definition) is 0. The lowest BCUT2D eigenvalue weighted by Crippen LogP contribution is -2.35. The fourth-order valence-corrected chi connectivity index (χ4v) is 4.78. The van der Waals surface area contributed by atoms with Crippen LogP contribution < -0.4 is 4.74 Å². The number of halogens is 1. The van der Waals surface area contributed by atoms with E-state index in [9.17, 15) is 9.18 Å². The second-order valence-corrected chi connectivity index (χ2v) is 9.56. The number of hydrogen-bond acceptors (Lipinski definition) is 7. The van der Waals surface area contributed by atoms with E-state index in [0.29, 0.717) is 37.3 Å². The van der Waals surface area contributed by atoms with Crippen molar-refractivity contribution in [3.05, 3.63) is 102 Å². The minimum atomic E-state index is -0.731. The van der Waals surface area contributed by atoms with Crippen molar-refractivity contribution in [3.8, 4) is 11.5 Å². The van der Waals surface area contributed by atoms with Crippen molar-refractivity contribution < 1.29 is 13.9 Å². The summed E-state index contributed by atoms with van der Waals surface area (Å²) in [5, 5.41) is 4.11. The summed E-state index contributed by atoms with van der Waals surface area (Å²) in [6.45, 7) is 4.30. The number of amides is 1. The Balaban J connectivity index is 1.22. The SMILES string of the molecule is CC=C(F)C(=O)N1CC=C(c2ccc3ncnc(Cc4ccc(Oc5ccn6ncnc6c5)c(C)c4)c3n2)CC1. The number of pyridine rings is 2. The third-order valence-electron chi connectivity index (χ3n) is 6.93. The lowest BCUT2D eigenvalue weighted by atomic mass is 10.0. The standard InChI is InChI=1S/C30H26FN7O2/c1-3-23(31)30(39)37-11-8-21(9-12-37)24-5-6-25-29(36-24)26(33-17-32-25)15-20-4-7-27(19(2)14-20)40-22-10-13-38-28(16-22)34-18-35-38/h3-8,10,13-14,16-18H,9,11-12,15H2,1-2H3. The summed E-state index contributed by atoms with van der Waals surface area (Å²) in [4.78, 5) is 31.7. The maximum Gasteiger partial charge on any atom is 0.282 e. The molecule has 0 spiro atoms. The molecule has 0 saturated carbocycles. The zero-order valence-corrected chi connectivity index (χ0v) is 22.1. The molecule has 5 heterocycles. The number of carbonyl (C=O) groups excluding carboxylic acids is 1. The second kappa shape index (κ2) is 10.6. The highest BCUT2D eigenvalue weighted by molar-refractivity contribution is 5.92. The molecule has 6 rings (SSSR count). The summed E-state index contributed by atoms with van der Waals surface area (Å²) in [5.74, 6) is 0.131. The highest BCUT2D eigenvalue weighted by Gasteiger charge is 2.21. The highest BCUT2D eigenvalue weighted by Crippen LogP contribution is 2.28. The fourth-order valence-electron chi connectivity index (χ4n) is 4.78. The van der Waals surface area contributed by atoms with E-state index >= 15 is 0 Å². The van der Waals surface area contributed by atoms with Crippen LogP contribution in [-0.2, 0) is 11.2 Å². The first kappa shape index (κ1) is 25.3. The lowest BCUT2D eigenvalue weighted by Gasteiger charge is -2.25. The molecule has 9 nitrogen and oxygen atoms in total. The number of rotatable bonds is 6. The summed E-state index contributed by atoms with van der Waals surface area (Å²) in [7, 11) is 0. The number of carbonyl (C=O) groups is 1. The molecule has 0 saturated heterocycles. The molecule has 5 aromatic rings. The molecule has 0 radical (unpaired) electrons. The van der Waals surface area contributed by atoms with E-state index in [1.165, 1.54) is 24.2 Å². The molecule has 0 unspecified atom stereocenters. The van der Waals surface area contributed by atoms with Crippen LogP contribution in [0.25, 0.3) is 22.3 Å². The van der Waals surface area contributed by atoms with Gasteiger partial charge in [0.2, 0.25) is 0 Å². The van der Waals surface area contributed by atoms with Gasteiger partial charge >= 0.3 is 0 Å². The van der Waals surface area contributed by atoms with Gasteiger partial charge in [-0.2, -0.15) is 5.10 Å². The van der Waals surface area contributed by atoms with Crippen molar-refractivity contribution >= 4 is 28.2 Å². The van der Waals surface area contributed by atoms with Gasteiger partial charge in [0.15, 0.2) is 11.5 Å². The van der Waals surface area contributed by atoms with Crippen LogP contribution >= 0.6 is 0 Å². The van der Waals surface area contributed by atoms with E-state index in [4.69, 9.17) is 9.72 Å². The first-order valence-corrected chi connectivity index (χ1v) is 13.0. The number of ether oxygens (including phenoxy) is 1. The molecule has 10 heteroatoms. The molecule has 0 bridgehead atoms. The molecular formula is C30H26FN7O2. The minimum absolute atomic E-state index is 0.341. The van der Waals surface area contributed by atoms with Crippen molar-refractivity contribution in [2.75, 3.05) is 13.1 Å². The van der Waals surface area contributed by atoms with Gasteiger partial charge in [0, 0.05) is 31.8 Å². The predicted molar refractivity (Wildman–Crippen MR) is 148 cm³/mol. The second-order valence-electron chi connectivity index (χ2n) is 9.56. The van der Waals surface area contributed by atoms with Crippen LogP contribution in [-0.4, -0.2) is 53.4 Å². The van der Waals surface area contributed by atoms with E-state index in [2.05, 4.69) is 26.1 Å². The van der Waals surface area contributed by atoms with Crippen LogP contribution in [0, 0.1) is 6.92 Å². The third-order valence-corrected chi connectivity index (χ3v) is 6.93. The molecule has 4 aromatic heterocycles. The van der Waals surface area contributed by atoms with Gasteiger partial charge in [-0.25, -0.2) is 28.8 Å². The van der Waals surface area contributed by atoms with Gasteiger partial charge in [-0.3, -0.25) is 4.79 Å². The van der Waals surface area contributed by atoms with Gasteiger partial charge in [-0.1, -0.05) is 18.2 Å². The first-order chi connectivity index (χ1) is 19.5. The molecule has 1 amide bonds. The van der Waals surface area contributed by atoms with Gasteiger partial charge in [-0.15, -0.1) is 0 Å². The van der Waals surface area contributed by atoms with Gasteiger partial charge in [0.1, 0.15) is 29.7 Å². The Hall–Kier alpha value is -4.99. The molecule has 0 N–H and O–H groups in total. The molecule has 0 fully saturated rings. The molecule has 1 aliphatic heterocycles. The van der Waals surface area contributed by atoms with Crippen LogP contribution in [0.15, 0.2) is 79.3 Å². The molecule has 0 aliphatic carbocycles. The van der Waals surface area contributed by atoms with Crippen molar-refractivity contribution in [3.63, 3.8) is 0 Å². The molecular weight excluding hydrogens is 509 g/mol.